The summed E-state index contributed by atoms with van der Waals surface area (Å²) in [5, 5.41) is 6.45. The van der Waals surface area contributed by atoms with Crippen LogP contribution in [-0.2, 0) is 4.79 Å². The fraction of sp³-hybridized carbons (Fsp3) is 0.200. The normalized spacial score (nSPS) is 16.1. The lowest BCUT2D eigenvalue weighted by Crippen LogP contribution is -2.28. The van der Waals surface area contributed by atoms with Gasteiger partial charge in [0.05, 0.1) is 17.7 Å². The smallest absolute Gasteiger partial charge is 0.253 e. The average Bonchev–Trinajstić information content (AvgIpc) is 3.35. The van der Waals surface area contributed by atoms with Crippen LogP contribution in [0.25, 0.3) is 0 Å². The van der Waals surface area contributed by atoms with Gasteiger partial charge in [-0.1, -0.05) is 41.6 Å². The maximum atomic E-state index is 13.0. The quantitative estimate of drug-likeness (QED) is 0.491. The van der Waals surface area contributed by atoms with Crippen molar-refractivity contribution >= 4 is 35.0 Å². The third kappa shape index (κ3) is 4.24. The Balaban J connectivity index is 1.55. The maximum absolute atomic E-state index is 13.0. The van der Waals surface area contributed by atoms with E-state index in [9.17, 15) is 4.79 Å². The van der Waals surface area contributed by atoms with E-state index in [0.29, 0.717) is 17.3 Å². The second-order valence-electron chi connectivity index (χ2n) is 6.68. The number of nitrogen functional groups attached to an aromatic ring is 2. The van der Waals surface area contributed by atoms with E-state index in [1.165, 1.54) is 28.4 Å². The number of hydrogen-bond donors (Lipinski definition) is 2. The molecule has 8 nitrogen and oxygen atoms in total. The van der Waals surface area contributed by atoms with E-state index in [2.05, 4.69) is 15.1 Å². The van der Waals surface area contributed by atoms with E-state index in [1.807, 2.05) is 37.3 Å². The van der Waals surface area contributed by atoms with Gasteiger partial charge in [-0.3, -0.25) is 4.79 Å². The number of hydrazone groups is 1. The van der Waals surface area contributed by atoms with E-state index in [4.69, 9.17) is 15.9 Å². The molecule has 0 fully saturated rings. The van der Waals surface area contributed by atoms with Crippen molar-refractivity contribution in [2.24, 2.45) is 5.10 Å². The molecule has 1 atom stereocenters. The van der Waals surface area contributed by atoms with Crippen molar-refractivity contribution in [3.05, 3.63) is 65.6 Å². The molecule has 1 aliphatic rings. The van der Waals surface area contributed by atoms with Crippen molar-refractivity contribution in [2.75, 3.05) is 17.2 Å². The first-order chi connectivity index (χ1) is 14.0. The van der Waals surface area contributed by atoms with Crippen molar-refractivity contribution in [3.8, 4) is 0 Å². The number of furan rings is 1. The van der Waals surface area contributed by atoms with Gasteiger partial charge >= 0.3 is 0 Å². The second-order valence-corrected chi connectivity index (χ2v) is 7.62. The third-order valence-electron chi connectivity index (χ3n) is 4.49. The Morgan fingerprint density at radius 2 is 1.93 bits per heavy atom. The summed E-state index contributed by atoms with van der Waals surface area (Å²) in [6, 6.07) is 12.9. The number of amides is 1. The Hall–Kier alpha value is -3.33. The van der Waals surface area contributed by atoms with Crippen LogP contribution in [0.4, 0.5) is 11.6 Å². The maximum Gasteiger partial charge on any atom is 0.253 e. The zero-order valence-electron chi connectivity index (χ0n) is 15.8. The van der Waals surface area contributed by atoms with Crippen LogP contribution in [0, 0.1) is 6.92 Å². The number of nitrogens with zero attached hydrogens (tertiary/aromatic N) is 4. The Kier molecular flexibility index (Phi) is 5.22. The number of hydrogen-bond acceptors (Lipinski definition) is 8. The zero-order valence-corrected chi connectivity index (χ0v) is 16.6. The number of carbonyl (C=O) groups is 1. The molecule has 0 spiro atoms. The Bertz CT molecular complexity index is 1030. The largest absolute Gasteiger partial charge is 0.467 e. The average molecular weight is 408 g/mol. The van der Waals surface area contributed by atoms with Gasteiger partial charge in [0.15, 0.2) is 5.16 Å². The minimum atomic E-state index is -0.291. The van der Waals surface area contributed by atoms with Crippen molar-refractivity contribution in [2.45, 2.75) is 24.5 Å². The second kappa shape index (κ2) is 7.96. The number of thioether (sulfide) groups is 1. The van der Waals surface area contributed by atoms with E-state index in [0.717, 1.165) is 11.3 Å². The molecule has 4 N–H and O–H groups in total. The van der Waals surface area contributed by atoms with Gasteiger partial charge in [0, 0.05) is 12.5 Å². The molecular formula is C20H20N6O2S. The zero-order chi connectivity index (χ0) is 20.4. The molecule has 0 radical (unpaired) electrons. The minimum absolute atomic E-state index is 0.102. The molecule has 3 heterocycles. The predicted molar refractivity (Wildman–Crippen MR) is 112 cm³/mol. The summed E-state index contributed by atoms with van der Waals surface area (Å²) in [5.74, 6) is 1.15. The van der Waals surface area contributed by atoms with Gasteiger partial charge in [0.1, 0.15) is 23.4 Å². The van der Waals surface area contributed by atoms with Crippen LogP contribution in [0.15, 0.2) is 63.4 Å². The van der Waals surface area contributed by atoms with Crippen LogP contribution in [0.1, 0.15) is 29.3 Å². The molecule has 0 aliphatic carbocycles. The van der Waals surface area contributed by atoms with E-state index in [1.54, 1.807) is 12.3 Å². The van der Waals surface area contributed by atoms with Gasteiger partial charge in [-0.15, -0.1) is 0 Å². The molecule has 9 heteroatoms. The van der Waals surface area contributed by atoms with Crippen LogP contribution in [0.2, 0.25) is 0 Å². The standard InChI is InChI=1S/C20H20N6O2S/c1-12-4-6-13(7-5-12)14-9-15(16-3-2-8-28-16)26(25-14)19(27)11-29-20-23-17(21)10-18(22)24-20/h2-8,10,15H,9,11H2,1H3,(H4,21,22,23,24)/t15-/m0/s1. The predicted octanol–water partition coefficient (Wildman–Crippen LogP) is 3.01. The van der Waals surface area contributed by atoms with Gasteiger partial charge in [0.25, 0.3) is 5.91 Å². The summed E-state index contributed by atoms with van der Waals surface area (Å²) in [7, 11) is 0. The fourth-order valence-corrected chi connectivity index (χ4v) is 3.81. The first-order valence-electron chi connectivity index (χ1n) is 9.02. The molecule has 1 aliphatic heterocycles. The van der Waals surface area contributed by atoms with Crippen LogP contribution < -0.4 is 11.5 Å². The summed E-state index contributed by atoms with van der Waals surface area (Å²) >= 11 is 1.17. The highest BCUT2D eigenvalue weighted by atomic mass is 32.2. The first kappa shape index (κ1) is 19.0. The molecule has 0 unspecified atom stereocenters. The number of benzene rings is 1. The van der Waals surface area contributed by atoms with Crippen molar-refractivity contribution in [1.82, 2.24) is 15.0 Å². The lowest BCUT2D eigenvalue weighted by Gasteiger charge is -2.19. The molecule has 0 bridgehead atoms. The highest BCUT2D eigenvalue weighted by Gasteiger charge is 2.34. The molecule has 1 aromatic carbocycles. The van der Waals surface area contributed by atoms with Gasteiger partial charge < -0.3 is 15.9 Å². The molecule has 148 valence electrons. The minimum Gasteiger partial charge on any atom is -0.467 e. The van der Waals surface area contributed by atoms with Gasteiger partial charge in [0.2, 0.25) is 0 Å². The van der Waals surface area contributed by atoms with Crippen molar-refractivity contribution in [3.63, 3.8) is 0 Å². The van der Waals surface area contributed by atoms with Crippen LogP contribution in [0.5, 0.6) is 0 Å². The van der Waals surface area contributed by atoms with Crippen LogP contribution >= 0.6 is 11.8 Å². The van der Waals surface area contributed by atoms with Crippen molar-refractivity contribution in [1.29, 1.82) is 0 Å². The number of nitrogens with two attached hydrogens (primary N) is 2. The summed E-state index contributed by atoms with van der Waals surface area (Å²) in [6.07, 6.45) is 2.18. The third-order valence-corrected chi connectivity index (χ3v) is 5.32. The molecule has 0 saturated heterocycles. The molecule has 3 aromatic rings. The number of carbonyl (C=O) groups excluding carboxylic acids is 1. The number of rotatable bonds is 5. The molecule has 2 aromatic heterocycles. The lowest BCUT2D eigenvalue weighted by molar-refractivity contribution is -0.130. The number of anilines is 2. The van der Waals surface area contributed by atoms with Gasteiger partial charge in [-0.05, 0) is 24.6 Å². The fourth-order valence-electron chi connectivity index (χ4n) is 3.08. The SMILES string of the molecule is Cc1ccc(C2=NN(C(=O)CSc3nc(N)cc(N)n3)[C@H](c3ccco3)C2)cc1. The Morgan fingerprint density at radius 1 is 1.21 bits per heavy atom. The number of aromatic nitrogens is 2. The summed E-state index contributed by atoms with van der Waals surface area (Å²) in [6.45, 7) is 2.03. The highest BCUT2D eigenvalue weighted by molar-refractivity contribution is 7.99. The van der Waals surface area contributed by atoms with E-state index in [-0.39, 0.29) is 29.3 Å². The van der Waals surface area contributed by atoms with Crippen LogP contribution in [-0.4, -0.2) is 32.3 Å². The summed E-state index contributed by atoms with van der Waals surface area (Å²) < 4.78 is 5.56. The van der Waals surface area contributed by atoms with Gasteiger partial charge in [-0.2, -0.15) is 5.10 Å². The number of aryl methyl sites for hydroxylation is 1. The molecule has 0 saturated carbocycles. The van der Waals surface area contributed by atoms with E-state index < -0.39 is 0 Å². The first-order valence-corrected chi connectivity index (χ1v) is 10.0. The molecule has 29 heavy (non-hydrogen) atoms. The summed E-state index contributed by atoms with van der Waals surface area (Å²) in [5.41, 5.74) is 14.4. The highest BCUT2D eigenvalue weighted by Crippen LogP contribution is 2.34. The van der Waals surface area contributed by atoms with E-state index >= 15 is 0 Å². The van der Waals surface area contributed by atoms with Crippen molar-refractivity contribution < 1.29 is 9.21 Å². The van der Waals surface area contributed by atoms with Gasteiger partial charge in [-0.25, -0.2) is 15.0 Å². The molecular weight excluding hydrogens is 388 g/mol. The lowest BCUT2D eigenvalue weighted by atomic mass is 10.0. The Labute approximate surface area is 172 Å². The monoisotopic (exact) mass is 408 g/mol. The topological polar surface area (TPSA) is 124 Å². The van der Waals surface area contributed by atoms with Crippen LogP contribution in [0.3, 0.4) is 0 Å². The Morgan fingerprint density at radius 3 is 2.59 bits per heavy atom. The summed E-state index contributed by atoms with van der Waals surface area (Å²) in [4.78, 5) is 21.2. The molecule has 1 amide bonds. The molecule has 4 rings (SSSR count).